The molecule has 0 radical (unpaired) electrons. The molecule has 3 nitrogen and oxygen atoms in total. The van der Waals surface area contributed by atoms with Crippen molar-refractivity contribution < 1.29 is 9.50 Å². The number of hydrogen-bond donors (Lipinski definition) is 2. The highest BCUT2D eigenvalue weighted by Gasteiger charge is 2.16. The summed E-state index contributed by atoms with van der Waals surface area (Å²) in [6.07, 6.45) is 0. The van der Waals surface area contributed by atoms with Gasteiger partial charge in [-0.15, -0.1) is 0 Å². The number of hydrogen-bond acceptors (Lipinski definition) is 3. The lowest BCUT2D eigenvalue weighted by Gasteiger charge is -2.28. The van der Waals surface area contributed by atoms with E-state index in [1.807, 2.05) is 20.0 Å². The molecular weight excluding hydrogens is 243 g/mol. The second-order valence-corrected chi connectivity index (χ2v) is 5.41. The molecule has 0 heterocycles. The second kappa shape index (κ2) is 7.46. The predicted molar refractivity (Wildman–Crippen MR) is 77.9 cm³/mol. The van der Waals surface area contributed by atoms with Crippen molar-refractivity contribution in [2.45, 2.75) is 33.4 Å². The molecule has 19 heavy (non-hydrogen) atoms. The zero-order valence-electron chi connectivity index (χ0n) is 12.3. The summed E-state index contributed by atoms with van der Waals surface area (Å²) in [7, 11) is 1.81. The summed E-state index contributed by atoms with van der Waals surface area (Å²) >= 11 is 0. The van der Waals surface area contributed by atoms with Crippen LogP contribution < -0.4 is 10.2 Å². The van der Waals surface area contributed by atoms with E-state index in [9.17, 15) is 9.50 Å². The molecule has 0 amide bonds. The molecule has 1 aromatic carbocycles. The lowest BCUT2D eigenvalue weighted by Crippen LogP contribution is -2.34. The van der Waals surface area contributed by atoms with Gasteiger partial charge >= 0.3 is 0 Å². The van der Waals surface area contributed by atoms with E-state index in [0.717, 1.165) is 12.1 Å². The van der Waals surface area contributed by atoms with Gasteiger partial charge in [-0.2, -0.15) is 0 Å². The van der Waals surface area contributed by atoms with Crippen LogP contribution in [0.2, 0.25) is 0 Å². The van der Waals surface area contributed by atoms with Crippen molar-refractivity contribution in [3.8, 4) is 0 Å². The number of benzene rings is 1. The molecule has 0 spiro atoms. The number of aliphatic hydroxyl groups is 1. The maximum atomic E-state index is 14.0. The van der Waals surface area contributed by atoms with E-state index in [4.69, 9.17) is 0 Å². The first-order chi connectivity index (χ1) is 8.97. The molecule has 0 aliphatic carbocycles. The summed E-state index contributed by atoms with van der Waals surface area (Å²) in [5.74, 6) is 0.317. The molecule has 0 aliphatic heterocycles. The summed E-state index contributed by atoms with van der Waals surface area (Å²) in [6.45, 7) is 7.68. The van der Waals surface area contributed by atoms with Gasteiger partial charge in [0, 0.05) is 19.6 Å². The van der Waals surface area contributed by atoms with Gasteiger partial charge < -0.3 is 15.3 Å². The van der Waals surface area contributed by atoms with Gasteiger partial charge in [0.15, 0.2) is 0 Å². The molecule has 0 aliphatic rings. The average Bonchev–Trinajstić information content (AvgIpc) is 2.37. The topological polar surface area (TPSA) is 35.5 Å². The van der Waals surface area contributed by atoms with Gasteiger partial charge in [-0.3, -0.25) is 0 Å². The van der Waals surface area contributed by atoms with Crippen LogP contribution in [0.4, 0.5) is 10.1 Å². The Morgan fingerprint density at radius 3 is 2.58 bits per heavy atom. The molecule has 0 fully saturated rings. The minimum Gasteiger partial charge on any atom is -0.394 e. The zero-order chi connectivity index (χ0) is 14.4. The molecule has 1 atom stereocenters. The minimum absolute atomic E-state index is 0.00367. The molecule has 2 N–H and O–H groups in total. The van der Waals surface area contributed by atoms with Gasteiger partial charge in [-0.05, 0) is 31.0 Å². The standard InChI is InChI=1S/C15H25FN2O/c1-11(2)8-17-9-13-6-5-7-14(16)15(13)18(4)12(3)10-19/h5-7,11-12,17,19H,8-10H2,1-4H3. The monoisotopic (exact) mass is 268 g/mol. The largest absolute Gasteiger partial charge is 0.394 e. The van der Waals surface area contributed by atoms with E-state index in [1.165, 1.54) is 6.07 Å². The normalized spacial score (nSPS) is 12.8. The maximum absolute atomic E-state index is 14.0. The molecule has 0 saturated carbocycles. The number of rotatable bonds is 7. The number of halogens is 1. The van der Waals surface area contributed by atoms with Gasteiger partial charge in [0.25, 0.3) is 0 Å². The summed E-state index contributed by atoms with van der Waals surface area (Å²) < 4.78 is 14.0. The number of nitrogens with zero attached hydrogens (tertiary/aromatic N) is 1. The van der Waals surface area contributed by atoms with E-state index in [2.05, 4.69) is 19.2 Å². The van der Waals surface area contributed by atoms with Gasteiger partial charge in [0.05, 0.1) is 12.3 Å². The van der Waals surface area contributed by atoms with E-state index < -0.39 is 0 Å². The average molecular weight is 268 g/mol. The highest BCUT2D eigenvalue weighted by atomic mass is 19.1. The third kappa shape index (κ3) is 4.48. The van der Waals surface area contributed by atoms with Gasteiger partial charge in [-0.1, -0.05) is 26.0 Å². The van der Waals surface area contributed by atoms with E-state index in [0.29, 0.717) is 18.2 Å². The van der Waals surface area contributed by atoms with Gasteiger partial charge in [0.1, 0.15) is 5.82 Å². The van der Waals surface area contributed by atoms with Crippen molar-refractivity contribution in [3.63, 3.8) is 0 Å². The molecule has 1 rings (SSSR count). The van der Waals surface area contributed by atoms with Crippen LogP contribution in [0.5, 0.6) is 0 Å². The summed E-state index contributed by atoms with van der Waals surface area (Å²) in [5, 5.41) is 12.5. The fraction of sp³-hybridized carbons (Fsp3) is 0.600. The van der Waals surface area contributed by atoms with Crippen molar-refractivity contribution in [1.82, 2.24) is 5.32 Å². The van der Waals surface area contributed by atoms with E-state index in [1.54, 1.807) is 11.0 Å². The Labute approximate surface area is 115 Å². The quantitative estimate of drug-likeness (QED) is 0.797. The molecule has 0 bridgehead atoms. The van der Waals surface area contributed by atoms with E-state index >= 15 is 0 Å². The van der Waals surface area contributed by atoms with Crippen molar-refractivity contribution in [2.75, 3.05) is 25.1 Å². The van der Waals surface area contributed by atoms with Crippen LogP contribution in [0.3, 0.4) is 0 Å². The third-order valence-electron chi connectivity index (χ3n) is 3.22. The molecule has 4 heteroatoms. The predicted octanol–water partition coefficient (Wildman–Crippen LogP) is 2.39. The Kier molecular flexibility index (Phi) is 6.25. The molecule has 1 aromatic rings. The number of para-hydroxylation sites is 1. The van der Waals surface area contributed by atoms with Crippen LogP contribution in [0.25, 0.3) is 0 Å². The molecule has 108 valence electrons. The van der Waals surface area contributed by atoms with Crippen molar-refractivity contribution in [3.05, 3.63) is 29.6 Å². The van der Waals surface area contributed by atoms with Crippen LogP contribution in [0.1, 0.15) is 26.3 Å². The van der Waals surface area contributed by atoms with Crippen LogP contribution in [-0.2, 0) is 6.54 Å². The fourth-order valence-corrected chi connectivity index (χ4v) is 1.94. The molecule has 0 aromatic heterocycles. The minimum atomic E-state index is -0.244. The first kappa shape index (κ1) is 15.9. The first-order valence-corrected chi connectivity index (χ1v) is 6.79. The molecular formula is C15H25FN2O. The smallest absolute Gasteiger partial charge is 0.146 e. The Balaban J connectivity index is 2.88. The van der Waals surface area contributed by atoms with Crippen molar-refractivity contribution in [1.29, 1.82) is 0 Å². The Bertz CT molecular complexity index is 396. The van der Waals surface area contributed by atoms with Gasteiger partial charge in [-0.25, -0.2) is 4.39 Å². The Hall–Kier alpha value is -1.13. The second-order valence-electron chi connectivity index (χ2n) is 5.41. The van der Waals surface area contributed by atoms with Crippen molar-refractivity contribution >= 4 is 5.69 Å². The Morgan fingerprint density at radius 1 is 1.32 bits per heavy atom. The third-order valence-corrected chi connectivity index (χ3v) is 3.22. The number of aliphatic hydroxyl groups excluding tert-OH is 1. The van der Waals surface area contributed by atoms with E-state index in [-0.39, 0.29) is 18.5 Å². The number of likely N-dealkylation sites (N-methyl/N-ethyl adjacent to an activating group) is 1. The SMILES string of the molecule is CC(C)CNCc1cccc(F)c1N(C)C(C)CO. The summed E-state index contributed by atoms with van der Waals surface area (Å²) in [6, 6.07) is 5.00. The highest BCUT2D eigenvalue weighted by molar-refractivity contribution is 5.55. The number of nitrogens with one attached hydrogen (secondary N) is 1. The van der Waals surface area contributed by atoms with Crippen LogP contribution in [0, 0.1) is 11.7 Å². The summed E-state index contributed by atoms with van der Waals surface area (Å²) in [5.41, 5.74) is 1.49. The lowest BCUT2D eigenvalue weighted by atomic mass is 10.1. The first-order valence-electron chi connectivity index (χ1n) is 6.79. The molecule has 0 saturated heterocycles. The fourth-order valence-electron chi connectivity index (χ4n) is 1.94. The maximum Gasteiger partial charge on any atom is 0.146 e. The Morgan fingerprint density at radius 2 is 2.00 bits per heavy atom. The highest BCUT2D eigenvalue weighted by Crippen LogP contribution is 2.25. The molecule has 1 unspecified atom stereocenters. The zero-order valence-corrected chi connectivity index (χ0v) is 12.3. The number of anilines is 1. The van der Waals surface area contributed by atoms with Crippen LogP contribution in [-0.4, -0.2) is 31.3 Å². The van der Waals surface area contributed by atoms with Gasteiger partial charge in [0.2, 0.25) is 0 Å². The lowest BCUT2D eigenvalue weighted by molar-refractivity contribution is 0.269. The van der Waals surface area contributed by atoms with Crippen LogP contribution in [0.15, 0.2) is 18.2 Å². The summed E-state index contributed by atoms with van der Waals surface area (Å²) in [4.78, 5) is 1.79. The van der Waals surface area contributed by atoms with Crippen LogP contribution >= 0.6 is 0 Å². The van der Waals surface area contributed by atoms with Crippen molar-refractivity contribution in [2.24, 2.45) is 5.92 Å².